The smallest absolute Gasteiger partial charge is 0.200 e. The maximum absolute atomic E-state index is 13.1. The van der Waals surface area contributed by atoms with E-state index in [1.807, 2.05) is 19.2 Å². The van der Waals surface area contributed by atoms with Gasteiger partial charge in [0.1, 0.15) is 11.3 Å². The lowest BCUT2D eigenvalue weighted by molar-refractivity contribution is -0.116. The van der Waals surface area contributed by atoms with E-state index in [1.165, 1.54) is 6.26 Å². The predicted molar refractivity (Wildman–Crippen MR) is 96.2 cm³/mol. The molecule has 1 aromatic carbocycles. The lowest BCUT2D eigenvalue weighted by Gasteiger charge is -2.22. The molecule has 0 amide bonds. The van der Waals surface area contributed by atoms with E-state index in [1.54, 1.807) is 29.6 Å². The second-order valence-electron chi connectivity index (χ2n) is 5.63. The zero-order valence-corrected chi connectivity index (χ0v) is 15.4. The Kier molecular flexibility index (Phi) is 5.56. The van der Waals surface area contributed by atoms with Crippen molar-refractivity contribution >= 4 is 35.1 Å². The molecule has 0 spiro atoms. The van der Waals surface area contributed by atoms with E-state index < -0.39 is 0 Å². The minimum atomic E-state index is -0.262. The predicted octanol–water partition coefficient (Wildman–Crippen LogP) is 3.98. The maximum Gasteiger partial charge on any atom is 0.200 e. The van der Waals surface area contributed by atoms with Gasteiger partial charge in [0.15, 0.2) is 5.78 Å². The topological polar surface area (TPSA) is 52.6 Å². The quantitative estimate of drug-likeness (QED) is 0.182. The number of hydrogen-bond acceptors (Lipinski definition) is 6. The van der Waals surface area contributed by atoms with Crippen LogP contribution in [0.5, 0.6) is 5.75 Å². The molecule has 0 radical (unpaired) electrons. The Bertz CT molecular complexity index is 693. The molecule has 6 heteroatoms. The highest BCUT2D eigenvalue weighted by molar-refractivity contribution is 8.00. The standard InChI is InChI=1S/C18H20O4S2/c1-3-21-10-13(15(19)11-4-5-11)16(20)12-6-7-14(23-2)17-18(12)24-9-8-22-17/h6-7,10-11H,3-5,8-9H2,1-2H3. The Labute approximate surface area is 150 Å². The lowest BCUT2D eigenvalue weighted by Crippen LogP contribution is -2.18. The molecule has 3 rings (SSSR count). The van der Waals surface area contributed by atoms with E-state index in [0.717, 1.165) is 34.1 Å². The number of ketones is 2. The van der Waals surface area contributed by atoms with E-state index in [0.29, 0.717) is 18.8 Å². The maximum atomic E-state index is 13.1. The van der Waals surface area contributed by atoms with Gasteiger partial charge >= 0.3 is 0 Å². The summed E-state index contributed by atoms with van der Waals surface area (Å²) in [7, 11) is 0. The van der Waals surface area contributed by atoms with Gasteiger partial charge in [-0.1, -0.05) is 0 Å². The zero-order chi connectivity index (χ0) is 17.1. The minimum Gasteiger partial charge on any atom is -0.501 e. The zero-order valence-electron chi connectivity index (χ0n) is 13.8. The molecule has 128 valence electrons. The summed E-state index contributed by atoms with van der Waals surface area (Å²) in [5.41, 5.74) is 0.692. The van der Waals surface area contributed by atoms with Crippen molar-refractivity contribution in [2.24, 2.45) is 5.92 Å². The van der Waals surface area contributed by atoms with E-state index in [4.69, 9.17) is 9.47 Å². The van der Waals surface area contributed by atoms with Crippen LogP contribution in [0.15, 0.2) is 33.8 Å². The third-order valence-corrected chi connectivity index (χ3v) is 5.77. The number of carbonyl (C=O) groups excluding carboxylic acids is 2. The summed E-state index contributed by atoms with van der Waals surface area (Å²) in [5.74, 6) is 1.18. The normalized spacial score (nSPS) is 17.0. The fraction of sp³-hybridized carbons (Fsp3) is 0.444. The van der Waals surface area contributed by atoms with Gasteiger partial charge in [-0.2, -0.15) is 0 Å². The van der Waals surface area contributed by atoms with Crippen molar-refractivity contribution in [1.82, 2.24) is 0 Å². The van der Waals surface area contributed by atoms with Gasteiger partial charge in [0.05, 0.1) is 29.3 Å². The Morgan fingerprint density at radius 1 is 1.42 bits per heavy atom. The lowest BCUT2D eigenvalue weighted by atomic mass is 9.98. The summed E-state index contributed by atoms with van der Waals surface area (Å²) in [6, 6.07) is 3.69. The van der Waals surface area contributed by atoms with Crippen LogP contribution >= 0.6 is 23.5 Å². The van der Waals surface area contributed by atoms with Crippen molar-refractivity contribution in [3.8, 4) is 5.75 Å². The second kappa shape index (κ2) is 7.66. The van der Waals surface area contributed by atoms with E-state index in [-0.39, 0.29) is 23.1 Å². The molecular formula is C18H20O4S2. The number of benzene rings is 1. The number of hydrogen-bond donors (Lipinski definition) is 0. The van der Waals surface area contributed by atoms with Gasteiger partial charge < -0.3 is 9.47 Å². The van der Waals surface area contributed by atoms with Crippen LogP contribution in [0.3, 0.4) is 0 Å². The van der Waals surface area contributed by atoms with Crippen LogP contribution in [0.1, 0.15) is 30.1 Å². The number of allylic oxidation sites excluding steroid dienone is 1. The fourth-order valence-electron chi connectivity index (χ4n) is 2.55. The van der Waals surface area contributed by atoms with Gasteiger partial charge in [0, 0.05) is 17.2 Å². The third-order valence-electron chi connectivity index (χ3n) is 3.94. The molecule has 1 fully saturated rings. The van der Waals surface area contributed by atoms with E-state index in [9.17, 15) is 9.59 Å². The largest absolute Gasteiger partial charge is 0.501 e. The van der Waals surface area contributed by atoms with Crippen LogP contribution in [0.2, 0.25) is 0 Å². The van der Waals surface area contributed by atoms with Gasteiger partial charge in [0.2, 0.25) is 5.78 Å². The highest BCUT2D eigenvalue weighted by atomic mass is 32.2. The molecule has 1 aliphatic carbocycles. The molecule has 1 aliphatic heterocycles. The van der Waals surface area contributed by atoms with Crippen LogP contribution in [0.4, 0.5) is 0 Å². The Hall–Kier alpha value is -1.40. The number of fused-ring (bicyclic) bond motifs is 1. The summed E-state index contributed by atoms with van der Waals surface area (Å²) in [6.07, 6.45) is 5.04. The first-order valence-electron chi connectivity index (χ1n) is 8.04. The molecule has 24 heavy (non-hydrogen) atoms. The molecule has 0 atom stereocenters. The van der Waals surface area contributed by atoms with E-state index in [2.05, 4.69) is 0 Å². The molecule has 1 heterocycles. The van der Waals surface area contributed by atoms with Crippen molar-refractivity contribution in [3.05, 3.63) is 29.5 Å². The molecule has 2 aliphatic rings. The molecule has 1 aromatic rings. The van der Waals surface area contributed by atoms with E-state index >= 15 is 0 Å². The first-order valence-corrected chi connectivity index (χ1v) is 10.3. The summed E-state index contributed by atoms with van der Waals surface area (Å²) in [6.45, 7) is 2.89. The summed E-state index contributed by atoms with van der Waals surface area (Å²) >= 11 is 3.20. The first kappa shape index (κ1) is 17.4. The van der Waals surface area contributed by atoms with Crippen LogP contribution < -0.4 is 4.74 Å². The van der Waals surface area contributed by atoms with Crippen molar-refractivity contribution in [3.63, 3.8) is 0 Å². The summed E-state index contributed by atoms with van der Waals surface area (Å²) in [4.78, 5) is 27.4. The van der Waals surface area contributed by atoms with Crippen LogP contribution in [-0.4, -0.2) is 36.8 Å². The van der Waals surface area contributed by atoms with Crippen molar-refractivity contribution in [2.45, 2.75) is 29.6 Å². The Morgan fingerprint density at radius 3 is 2.88 bits per heavy atom. The third kappa shape index (κ3) is 3.49. The highest BCUT2D eigenvalue weighted by Gasteiger charge is 2.36. The van der Waals surface area contributed by atoms with Gasteiger partial charge in [-0.3, -0.25) is 9.59 Å². The average Bonchev–Trinajstić information content (AvgIpc) is 3.45. The van der Waals surface area contributed by atoms with Gasteiger partial charge in [-0.05, 0) is 38.2 Å². The highest BCUT2D eigenvalue weighted by Crippen LogP contribution is 2.43. The molecule has 1 saturated carbocycles. The molecule has 0 bridgehead atoms. The number of thioether (sulfide) groups is 2. The molecule has 0 N–H and O–H groups in total. The van der Waals surface area contributed by atoms with Crippen molar-refractivity contribution < 1.29 is 19.1 Å². The second-order valence-corrected chi connectivity index (χ2v) is 7.58. The number of Topliss-reactive ketones (excluding diaryl/α,β-unsaturated/α-hetero) is 2. The summed E-state index contributed by atoms with van der Waals surface area (Å²) in [5, 5.41) is 0. The van der Waals surface area contributed by atoms with Gasteiger partial charge in [0.25, 0.3) is 0 Å². The molecule has 0 unspecified atom stereocenters. The van der Waals surface area contributed by atoms with Crippen LogP contribution in [0.25, 0.3) is 0 Å². The van der Waals surface area contributed by atoms with Crippen molar-refractivity contribution in [2.75, 3.05) is 25.2 Å². The number of ether oxygens (including phenoxy) is 2. The Morgan fingerprint density at radius 2 is 2.21 bits per heavy atom. The Balaban J connectivity index is 1.99. The van der Waals surface area contributed by atoms with Gasteiger partial charge in [-0.15, -0.1) is 23.5 Å². The van der Waals surface area contributed by atoms with Crippen LogP contribution in [0, 0.1) is 5.92 Å². The molecule has 0 saturated heterocycles. The van der Waals surface area contributed by atoms with Gasteiger partial charge in [-0.25, -0.2) is 0 Å². The summed E-state index contributed by atoms with van der Waals surface area (Å²) < 4.78 is 11.1. The minimum absolute atomic E-state index is 0.0224. The fourth-order valence-corrected chi connectivity index (χ4v) is 4.15. The SMILES string of the molecule is CCOC=C(C(=O)c1ccc(SC)c2c1SCCO2)C(=O)C1CC1. The average molecular weight is 364 g/mol. The number of carbonyl (C=O) groups is 2. The molecule has 4 nitrogen and oxygen atoms in total. The molecular weight excluding hydrogens is 344 g/mol. The van der Waals surface area contributed by atoms with Crippen molar-refractivity contribution in [1.29, 1.82) is 0 Å². The molecule has 0 aromatic heterocycles. The monoisotopic (exact) mass is 364 g/mol. The number of rotatable bonds is 7. The first-order chi connectivity index (χ1) is 11.7. The van der Waals surface area contributed by atoms with Crippen LogP contribution in [-0.2, 0) is 9.53 Å².